The summed E-state index contributed by atoms with van der Waals surface area (Å²) >= 11 is 0. The Hall–Kier alpha value is -1.98. The number of halogens is 2. The van der Waals surface area contributed by atoms with Crippen molar-refractivity contribution in [2.75, 3.05) is 18.4 Å². The number of aliphatic hydroxyl groups is 1. The summed E-state index contributed by atoms with van der Waals surface area (Å²) in [7, 11) is 0. The number of aliphatic hydroxyl groups excluding tert-OH is 1. The quantitative estimate of drug-likeness (QED) is 0.405. The van der Waals surface area contributed by atoms with Crippen LogP contribution in [0.25, 0.3) is 0 Å². The van der Waals surface area contributed by atoms with E-state index in [-0.39, 0.29) is 11.0 Å². The number of aryl methyl sites for hydroxylation is 1. The Morgan fingerprint density at radius 3 is 2.45 bits per heavy atom. The SMILES string of the molecule is CCNc1c(F)cc(F)cc1CCC(O)CNC1(c2cccc(C(C)(C)C)c2)CCCCC1. The number of rotatable bonds is 9. The van der Waals surface area contributed by atoms with E-state index < -0.39 is 17.7 Å². The molecule has 1 unspecified atom stereocenters. The van der Waals surface area contributed by atoms with Crippen LogP contribution in [-0.4, -0.2) is 24.3 Å². The highest BCUT2D eigenvalue weighted by atomic mass is 19.1. The van der Waals surface area contributed by atoms with Crippen molar-refractivity contribution >= 4 is 5.69 Å². The van der Waals surface area contributed by atoms with Crippen LogP contribution >= 0.6 is 0 Å². The van der Waals surface area contributed by atoms with Gasteiger partial charge in [-0.05, 0) is 60.8 Å². The van der Waals surface area contributed by atoms with Crippen molar-refractivity contribution < 1.29 is 13.9 Å². The van der Waals surface area contributed by atoms with Crippen molar-refractivity contribution in [1.29, 1.82) is 0 Å². The Labute approximate surface area is 198 Å². The molecule has 1 atom stereocenters. The second-order valence-electron chi connectivity index (χ2n) is 10.5. The second-order valence-corrected chi connectivity index (χ2v) is 10.5. The Balaban J connectivity index is 1.70. The van der Waals surface area contributed by atoms with Gasteiger partial charge in [-0.1, -0.05) is 64.3 Å². The van der Waals surface area contributed by atoms with E-state index in [4.69, 9.17) is 0 Å². The van der Waals surface area contributed by atoms with Crippen LogP contribution in [0.2, 0.25) is 0 Å². The molecule has 1 fully saturated rings. The van der Waals surface area contributed by atoms with Crippen molar-refractivity contribution in [3.63, 3.8) is 0 Å². The number of benzene rings is 2. The van der Waals surface area contributed by atoms with Gasteiger partial charge >= 0.3 is 0 Å². The maximum absolute atomic E-state index is 14.2. The van der Waals surface area contributed by atoms with Gasteiger partial charge < -0.3 is 15.7 Å². The molecule has 1 aliphatic carbocycles. The van der Waals surface area contributed by atoms with Crippen LogP contribution in [0.3, 0.4) is 0 Å². The van der Waals surface area contributed by atoms with E-state index in [0.717, 1.165) is 31.7 Å². The molecule has 1 saturated carbocycles. The molecule has 33 heavy (non-hydrogen) atoms. The van der Waals surface area contributed by atoms with Gasteiger partial charge in [0, 0.05) is 24.7 Å². The van der Waals surface area contributed by atoms with Crippen LogP contribution in [0, 0.1) is 11.6 Å². The van der Waals surface area contributed by atoms with Crippen LogP contribution in [0.15, 0.2) is 36.4 Å². The molecule has 3 rings (SSSR count). The van der Waals surface area contributed by atoms with E-state index >= 15 is 0 Å². The predicted molar refractivity (Wildman–Crippen MR) is 133 cm³/mol. The molecule has 2 aromatic carbocycles. The summed E-state index contributed by atoms with van der Waals surface area (Å²) in [6.45, 7) is 9.57. The standard InChI is InChI=1S/C28H40F2N2O/c1-5-31-26-20(16-23(29)18-25(26)30)12-13-24(33)19-32-28(14-7-6-8-15-28)22-11-9-10-21(17-22)27(2,3)4/h9-11,16-18,24,31-33H,5-8,12-15,19H2,1-4H3. The molecule has 0 heterocycles. The van der Waals surface area contributed by atoms with Crippen LogP contribution in [0.5, 0.6) is 0 Å². The molecule has 0 aliphatic heterocycles. The van der Waals surface area contributed by atoms with E-state index in [2.05, 4.69) is 55.7 Å². The maximum atomic E-state index is 14.2. The minimum atomic E-state index is -0.601. The van der Waals surface area contributed by atoms with Gasteiger partial charge in [0.25, 0.3) is 0 Å². The molecule has 0 aromatic heterocycles. The molecule has 0 saturated heterocycles. The summed E-state index contributed by atoms with van der Waals surface area (Å²) in [6.07, 6.45) is 5.91. The van der Waals surface area contributed by atoms with Crippen LogP contribution in [0.1, 0.15) is 82.9 Å². The first-order chi connectivity index (χ1) is 15.6. The Kier molecular flexibility index (Phi) is 8.52. The Morgan fingerprint density at radius 2 is 1.79 bits per heavy atom. The highest BCUT2D eigenvalue weighted by molar-refractivity contribution is 5.52. The molecule has 3 N–H and O–H groups in total. The zero-order valence-electron chi connectivity index (χ0n) is 20.6. The molecular formula is C28H40F2N2O. The lowest BCUT2D eigenvalue weighted by Crippen LogP contribution is -2.47. The molecule has 0 spiro atoms. The molecule has 2 aromatic rings. The van der Waals surface area contributed by atoms with Crippen molar-refractivity contribution in [1.82, 2.24) is 5.32 Å². The number of nitrogens with one attached hydrogen (secondary N) is 2. The summed E-state index contributed by atoms with van der Waals surface area (Å²) < 4.78 is 28.0. The van der Waals surface area contributed by atoms with Gasteiger partial charge in [0.1, 0.15) is 11.6 Å². The van der Waals surface area contributed by atoms with Gasteiger partial charge in [0.05, 0.1) is 11.8 Å². The molecule has 3 nitrogen and oxygen atoms in total. The second kappa shape index (κ2) is 11.0. The lowest BCUT2D eigenvalue weighted by Gasteiger charge is -2.40. The zero-order chi connectivity index (χ0) is 24.1. The van der Waals surface area contributed by atoms with Gasteiger partial charge in [-0.3, -0.25) is 0 Å². The third kappa shape index (κ3) is 6.54. The van der Waals surface area contributed by atoms with E-state index in [1.807, 2.05) is 6.92 Å². The first-order valence-electron chi connectivity index (χ1n) is 12.4. The fourth-order valence-corrected chi connectivity index (χ4v) is 4.94. The third-order valence-corrected chi connectivity index (χ3v) is 6.90. The monoisotopic (exact) mass is 458 g/mol. The van der Waals surface area contributed by atoms with E-state index in [1.54, 1.807) is 0 Å². The smallest absolute Gasteiger partial charge is 0.149 e. The normalized spacial score (nSPS) is 17.1. The topological polar surface area (TPSA) is 44.3 Å². The van der Waals surface area contributed by atoms with Gasteiger partial charge in [0.2, 0.25) is 0 Å². The highest BCUT2D eigenvalue weighted by Gasteiger charge is 2.34. The first kappa shape index (κ1) is 25.6. The van der Waals surface area contributed by atoms with Crippen LogP contribution in [-0.2, 0) is 17.4 Å². The molecule has 0 amide bonds. The molecule has 182 valence electrons. The number of anilines is 1. The minimum Gasteiger partial charge on any atom is -0.392 e. The Bertz CT molecular complexity index is 917. The van der Waals surface area contributed by atoms with Crippen LogP contribution < -0.4 is 10.6 Å². The average molecular weight is 459 g/mol. The molecular weight excluding hydrogens is 418 g/mol. The van der Waals surface area contributed by atoms with Gasteiger partial charge in [-0.15, -0.1) is 0 Å². The van der Waals surface area contributed by atoms with Crippen molar-refractivity contribution in [2.24, 2.45) is 0 Å². The summed E-state index contributed by atoms with van der Waals surface area (Å²) in [4.78, 5) is 0. The predicted octanol–water partition coefficient (Wildman–Crippen LogP) is 6.44. The fraction of sp³-hybridized carbons (Fsp3) is 0.571. The minimum absolute atomic E-state index is 0.0792. The summed E-state index contributed by atoms with van der Waals surface area (Å²) in [5.41, 5.74) is 3.45. The van der Waals surface area contributed by atoms with Crippen molar-refractivity contribution in [3.8, 4) is 0 Å². The summed E-state index contributed by atoms with van der Waals surface area (Å²) in [6, 6.07) is 11.1. The molecule has 5 heteroatoms. The van der Waals surface area contributed by atoms with Crippen molar-refractivity contribution in [2.45, 2.75) is 89.7 Å². The van der Waals surface area contributed by atoms with Gasteiger partial charge in [-0.25, -0.2) is 8.78 Å². The fourth-order valence-electron chi connectivity index (χ4n) is 4.94. The third-order valence-electron chi connectivity index (χ3n) is 6.90. The lowest BCUT2D eigenvalue weighted by atomic mass is 9.74. The number of hydrogen-bond acceptors (Lipinski definition) is 3. The van der Waals surface area contributed by atoms with Gasteiger partial charge in [0.15, 0.2) is 0 Å². The largest absolute Gasteiger partial charge is 0.392 e. The first-order valence-corrected chi connectivity index (χ1v) is 12.4. The average Bonchev–Trinajstić information content (AvgIpc) is 2.78. The maximum Gasteiger partial charge on any atom is 0.149 e. The summed E-state index contributed by atoms with van der Waals surface area (Å²) in [5.74, 6) is -1.17. The molecule has 1 aliphatic rings. The lowest BCUT2D eigenvalue weighted by molar-refractivity contribution is 0.131. The summed E-state index contributed by atoms with van der Waals surface area (Å²) in [5, 5.41) is 17.5. The van der Waals surface area contributed by atoms with Gasteiger partial charge in [-0.2, -0.15) is 0 Å². The molecule has 0 radical (unpaired) electrons. The van der Waals surface area contributed by atoms with E-state index in [9.17, 15) is 13.9 Å². The van der Waals surface area contributed by atoms with E-state index in [0.29, 0.717) is 37.2 Å². The number of hydrogen-bond donors (Lipinski definition) is 3. The van der Waals surface area contributed by atoms with E-state index in [1.165, 1.54) is 23.6 Å². The zero-order valence-corrected chi connectivity index (χ0v) is 20.6. The highest BCUT2D eigenvalue weighted by Crippen LogP contribution is 2.38. The molecule has 0 bridgehead atoms. The van der Waals surface area contributed by atoms with Crippen molar-refractivity contribution in [3.05, 3.63) is 64.7 Å². The van der Waals surface area contributed by atoms with Crippen LogP contribution in [0.4, 0.5) is 14.5 Å². The Morgan fingerprint density at radius 1 is 1.06 bits per heavy atom.